The molecule has 0 bridgehead atoms. The highest BCUT2D eigenvalue weighted by Gasteiger charge is 2.15. The van der Waals surface area contributed by atoms with E-state index in [2.05, 4.69) is 5.10 Å². The Balaban J connectivity index is 2.39. The van der Waals surface area contributed by atoms with Gasteiger partial charge < -0.3 is 0 Å². The van der Waals surface area contributed by atoms with Crippen molar-refractivity contribution >= 4 is 29.0 Å². The van der Waals surface area contributed by atoms with E-state index >= 15 is 0 Å². The Morgan fingerprint density at radius 3 is 2.82 bits per heavy atom. The Morgan fingerprint density at radius 1 is 1.41 bits per heavy atom. The fraction of sp³-hybridized carbons (Fsp3) is 0.167. The molecule has 17 heavy (non-hydrogen) atoms. The van der Waals surface area contributed by atoms with Crippen molar-refractivity contribution in [3.8, 4) is 0 Å². The highest BCUT2D eigenvalue weighted by atomic mass is 35.5. The van der Waals surface area contributed by atoms with Crippen LogP contribution in [0.4, 0.5) is 0 Å². The van der Waals surface area contributed by atoms with Gasteiger partial charge in [-0.15, -0.1) is 0 Å². The zero-order valence-corrected chi connectivity index (χ0v) is 10.7. The van der Waals surface area contributed by atoms with Gasteiger partial charge in [-0.05, 0) is 25.1 Å². The van der Waals surface area contributed by atoms with E-state index in [-0.39, 0.29) is 5.78 Å². The van der Waals surface area contributed by atoms with Crippen LogP contribution >= 0.6 is 23.2 Å². The molecular formula is C12H10Cl2N2O. The second-order valence-electron chi connectivity index (χ2n) is 3.54. The van der Waals surface area contributed by atoms with Crippen molar-refractivity contribution in [2.45, 2.75) is 13.5 Å². The highest BCUT2D eigenvalue weighted by molar-refractivity contribution is 6.36. The number of halogens is 2. The molecule has 0 saturated carbocycles. The predicted octanol–water partition coefficient (Wildman–Crippen LogP) is 3.44. The summed E-state index contributed by atoms with van der Waals surface area (Å²) in [7, 11) is 0. The van der Waals surface area contributed by atoms with Gasteiger partial charge in [0.15, 0.2) is 5.78 Å². The van der Waals surface area contributed by atoms with E-state index in [1.54, 1.807) is 29.1 Å². The first-order chi connectivity index (χ1) is 8.11. The third-order valence-corrected chi connectivity index (χ3v) is 2.96. The van der Waals surface area contributed by atoms with Crippen LogP contribution in [0.25, 0.3) is 0 Å². The Hall–Kier alpha value is -1.32. The number of hydrogen-bond donors (Lipinski definition) is 0. The molecule has 1 heterocycles. The Bertz CT molecular complexity index is 563. The summed E-state index contributed by atoms with van der Waals surface area (Å²) >= 11 is 11.8. The number of rotatable bonds is 3. The normalized spacial score (nSPS) is 10.5. The number of ketones is 1. The minimum absolute atomic E-state index is 0.169. The van der Waals surface area contributed by atoms with Crippen LogP contribution < -0.4 is 0 Å². The fourth-order valence-corrected chi connectivity index (χ4v) is 1.86. The fourth-order valence-electron chi connectivity index (χ4n) is 1.48. The molecule has 5 heteroatoms. The minimum Gasteiger partial charge on any atom is -0.288 e. The molecule has 1 aromatic heterocycles. The van der Waals surface area contributed by atoms with Crippen LogP contribution in [0, 0.1) is 0 Å². The maximum absolute atomic E-state index is 12.2. The van der Waals surface area contributed by atoms with Crippen molar-refractivity contribution in [3.05, 3.63) is 51.8 Å². The molecule has 0 spiro atoms. The van der Waals surface area contributed by atoms with Gasteiger partial charge in [-0.3, -0.25) is 9.48 Å². The second kappa shape index (κ2) is 4.90. The van der Waals surface area contributed by atoms with Gasteiger partial charge in [-0.2, -0.15) is 5.10 Å². The summed E-state index contributed by atoms with van der Waals surface area (Å²) in [5.74, 6) is -0.169. The molecule has 0 saturated heterocycles. The molecule has 0 aliphatic carbocycles. The standard InChI is InChI=1S/C12H10Cl2N2O/c1-2-16-7-8(6-15-16)12(17)10-5-9(13)3-4-11(10)14/h3-7H,2H2,1H3. The van der Waals surface area contributed by atoms with E-state index in [0.29, 0.717) is 21.2 Å². The Morgan fingerprint density at radius 2 is 2.18 bits per heavy atom. The van der Waals surface area contributed by atoms with Gasteiger partial charge in [-0.1, -0.05) is 23.2 Å². The lowest BCUT2D eigenvalue weighted by atomic mass is 10.1. The van der Waals surface area contributed by atoms with Crippen LogP contribution in [-0.4, -0.2) is 15.6 Å². The molecule has 0 unspecified atom stereocenters. The summed E-state index contributed by atoms with van der Waals surface area (Å²) in [6.45, 7) is 2.67. The molecule has 0 aliphatic rings. The van der Waals surface area contributed by atoms with Crippen LogP contribution in [0.2, 0.25) is 10.0 Å². The minimum atomic E-state index is -0.169. The van der Waals surface area contributed by atoms with Crippen molar-refractivity contribution in [2.24, 2.45) is 0 Å². The summed E-state index contributed by atoms with van der Waals surface area (Å²) in [4.78, 5) is 12.2. The molecule has 0 N–H and O–H groups in total. The van der Waals surface area contributed by atoms with E-state index < -0.39 is 0 Å². The van der Waals surface area contributed by atoms with Gasteiger partial charge in [0.1, 0.15) is 0 Å². The zero-order valence-electron chi connectivity index (χ0n) is 9.15. The summed E-state index contributed by atoms with van der Waals surface area (Å²) < 4.78 is 1.69. The monoisotopic (exact) mass is 268 g/mol. The van der Waals surface area contributed by atoms with Gasteiger partial charge in [-0.25, -0.2) is 0 Å². The van der Waals surface area contributed by atoms with Crippen molar-refractivity contribution in [1.29, 1.82) is 0 Å². The molecule has 0 amide bonds. The zero-order chi connectivity index (χ0) is 12.4. The first-order valence-corrected chi connectivity index (χ1v) is 5.89. The average Bonchev–Trinajstić information content (AvgIpc) is 2.80. The van der Waals surface area contributed by atoms with Crippen LogP contribution in [0.3, 0.4) is 0 Å². The quantitative estimate of drug-likeness (QED) is 0.800. The van der Waals surface area contributed by atoms with Gasteiger partial charge in [0.05, 0.1) is 16.8 Å². The molecule has 2 aromatic rings. The van der Waals surface area contributed by atoms with E-state index in [1.165, 1.54) is 6.20 Å². The molecule has 88 valence electrons. The maximum Gasteiger partial charge on any atom is 0.197 e. The van der Waals surface area contributed by atoms with Crippen LogP contribution in [0.15, 0.2) is 30.6 Å². The molecule has 0 atom stereocenters. The molecule has 1 aromatic carbocycles. The number of benzene rings is 1. The predicted molar refractivity (Wildman–Crippen MR) is 67.8 cm³/mol. The van der Waals surface area contributed by atoms with Crippen LogP contribution in [-0.2, 0) is 6.54 Å². The second-order valence-corrected chi connectivity index (χ2v) is 4.38. The molecular weight excluding hydrogens is 259 g/mol. The van der Waals surface area contributed by atoms with Crippen molar-refractivity contribution in [2.75, 3.05) is 0 Å². The van der Waals surface area contributed by atoms with E-state index in [9.17, 15) is 4.79 Å². The van der Waals surface area contributed by atoms with Crippen LogP contribution in [0.5, 0.6) is 0 Å². The summed E-state index contributed by atoms with van der Waals surface area (Å²) in [6, 6.07) is 4.83. The molecule has 0 radical (unpaired) electrons. The number of carbonyl (C=O) groups excluding carboxylic acids is 1. The smallest absolute Gasteiger partial charge is 0.197 e. The summed E-state index contributed by atoms with van der Waals surface area (Å²) in [6.07, 6.45) is 3.22. The third-order valence-electron chi connectivity index (χ3n) is 2.39. The number of aryl methyl sites for hydroxylation is 1. The first-order valence-electron chi connectivity index (χ1n) is 5.14. The van der Waals surface area contributed by atoms with Gasteiger partial charge >= 0.3 is 0 Å². The van der Waals surface area contributed by atoms with E-state index in [4.69, 9.17) is 23.2 Å². The first kappa shape index (κ1) is 12.1. The lowest BCUT2D eigenvalue weighted by Crippen LogP contribution is -2.01. The van der Waals surface area contributed by atoms with E-state index in [0.717, 1.165) is 6.54 Å². The van der Waals surface area contributed by atoms with E-state index in [1.807, 2.05) is 6.92 Å². The lowest BCUT2D eigenvalue weighted by molar-refractivity contribution is 0.103. The molecule has 0 aliphatic heterocycles. The van der Waals surface area contributed by atoms with Crippen molar-refractivity contribution in [3.63, 3.8) is 0 Å². The number of carbonyl (C=O) groups is 1. The Kier molecular flexibility index (Phi) is 3.50. The van der Waals surface area contributed by atoms with Crippen molar-refractivity contribution in [1.82, 2.24) is 9.78 Å². The van der Waals surface area contributed by atoms with Crippen molar-refractivity contribution < 1.29 is 4.79 Å². The highest BCUT2D eigenvalue weighted by Crippen LogP contribution is 2.23. The molecule has 2 rings (SSSR count). The average molecular weight is 269 g/mol. The molecule has 3 nitrogen and oxygen atoms in total. The number of hydrogen-bond acceptors (Lipinski definition) is 2. The summed E-state index contributed by atoms with van der Waals surface area (Å²) in [5.41, 5.74) is 0.908. The third kappa shape index (κ3) is 2.51. The lowest BCUT2D eigenvalue weighted by Gasteiger charge is -2.01. The van der Waals surface area contributed by atoms with Gasteiger partial charge in [0.2, 0.25) is 0 Å². The van der Waals surface area contributed by atoms with Crippen LogP contribution in [0.1, 0.15) is 22.8 Å². The number of nitrogens with zero attached hydrogens (tertiary/aromatic N) is 2. The topological polar surface area (TPSA) is 34.9 Å². The van der Waals surface area contributed by atoms with Gasteiger partial charge in [0.25, 0.3) is 0 Å². The maximum atomic E-state index is 12.2. The largest absolute Gasteiger partial charge is 0.288 e. The SMILES string of the molecule is CCn1cc(C(=O)c2cc(Cl)ccc2Cl)cn1. The number of aromatic nitrogens is 2. The van der Waals surface area contributed by atoms with Gasteiger partial charge in [0, 0.05) is 23.3 Å². The summed E-state index contributed by atoms with van der Waals surface area (Å²) in [5, 5.41) is 4.93. The Labute approximate surface area is 109 Å². The molecule has 0 fully saturated rings.